The van der Waals surface area contributed by atoms with Crippen molar-refractivity contribution in [3.05, 3.63) is 47.2 Å². The minimum absolute atomic E-state index is 0.0192. The smallest absolute Gasteiger partial charge is 0.431 e. The summed E-state index contributed by atoms with van der Waals surface area (Å²) in [6.07, 6.45) is -2.82. The summed E-state index contributed by atoms with van der Waals surface area (Å²) in [6.45, 7) is 2.79. The summed E-state index contributed by atoms with van der Waals surface area (Å²) < 4.78 is 45.1. The van der Waals surface area contributed by atoms with Crippen molar-refractivity contribution in [2.24, 2.45) is 0 Å². The molecule has 130 valence electrons. The fraction of sp³-hybridized carbons (Fsp3) is 0.250. The average molecular weight is 357 g/mol. The van der Waals surface area contributed by atoms with Gasteiger partial charge in [-0.25, -0.2) is 0 Å². The van der Waals surface area contributed by atoms with E-state index in [-0.39, 0.29) is 29.0 Å². The molecule has 10 heteroatoms. The Hall–Kier alpha value is -2.38. The van der Waals surface area contributed by atoms with Gasteiger partial charge in [0.25, 0.3) is 0 Å². The van der Waals surface area contributed by atoms with E-state index >= 15 is 0 Å². The minimum Gasteiger partial charge on any atom is -0.516 e. The maximum absolute atomic E-state index is 13.4. The van der Waals surface area contributed by atoms with Crippen LogP contribution in [0.15, 0.2) is 41.6 Å². The Morgan fingerprint density at radius 1 is 1.15 bits per heavy atom. The van der Waals surface area contributed by atoms with E-state index in [1.165, 1.54) is 32.0 Å². The predicted octanol–water partition coefficient (Wildman–Crippen LogP) is 2.04. The van der Waals surface area contributed by atoms with Crippen LogP contribution in [0, 0.1) is 6.92 Å². The Balaban J connectivity index is 3.39. The van der Waals surface area contributed by atoms with Gasteiger partial charge in [-0.3, -0.25) is 14.5 Å². The lowest BCUT2D eigenvalue weighted by Crippen LogP contribution is -2.37. The molecule has 1 rings (SSSR count). The second kappa shape index (κ2) is 8.34. The van der Waals surface area contributed by atoms with Gasteiger partial charge >= 0.3 is 6.18 Å². The lowest BCUT2D eigenvalue weighted by atomic mass is 9.52. The number of rotatable bonds is 7. The molecule has 0 fully saturated rings. The molecule has 1 amide bonds. The molecule has 4 nitrogen and oxygen atoms in total. The standard InChI is InChI=1S/C16H13B3F3NO3/c1-10(8-24)3-6-14(15(20,21)22)23(9-25)13-5-4-12(7-11(13)2)26-16(17,18)19/h3-9H,1-2H3/b10-3+,14-6-. The zero-order valence-electron chi connectivity index (χ0n) is 14.1. The van der Waals surface area contributed by atoms with E-state index in [4.69, 9.17) is 28.3 Å². The number of anilines is 1. The van der Waals surface area contributed by atoms with Crippen LogP contribution in [0.2, 0.25) is 0 Å². The zero-order chi connectivity index (χ0) is 20.1. The molecule has 6 radical (unpaired) electrons. The van der Waals surface area contributed by atoms with Gasteiger partial charge in [-0.05, 0) is 54.6 Å². The van der Waals surface area contributed by atoms with Crippen molar-refractivity contribution in [3.63, 3.8) is 0 Å². The molecule has 0 N–H and O–H groups in total. The number of carbonyl (C=O) groups excluding carboxylic acids is 2. The molecule has 0 bridgehead atoms. The van der Waals surface area contributed by atoms with Crippen LogP contribution in [-0.2, 0) is 9.59 Å². The molecule has 0 saturated heterocycles. The molecule has 0 heterocycles. The topological polar surface area (TPSA) is 46.6 Å². The van der Waals surface area contributed by atoms with E-state index in [1.807, 2.05) is 0 Å². The van der Waals surface area contributed by atoms with Crippen LogP contribution in [-0.4, -0.2) is 47.7 Å². The summed E-state index contributed by atoms with van der Waals surface area (Å²) in [5, 5.41) is -1.97. The first-order valence-corrected chi connectivity index (χ1v) is 7.21. The van der Waals surface area contributed by atoms with Crippen molar-refractivity contribution in [1.29, 1.82) is 0 Å². The normalized spacial score (nSPS) is 13.3. The highest BCUT2D eigenvalue weighted by molar-refractivity contribution is 6.58. The number of hydrogen-bond donors (Lipinski definition) is 0. The van der Waals surface area contributed by atoms with Gasteiger partial charge in [0.1, 0.15) is 41.3 Å². The summed E-state index contributed by atoms with van der Waals surface area (Å²) in [5.41, 5.74) is -0.991. The third kappa shape index (κ3) is 6.17. The first kappa shape index (κ1) is 21.7. The fourth-order valence-corrected chi connectivity index (χ4v) is 1.97. The number of carbonyl (C=O) groups is 2. The third-order valence-corrected chi connectivity index (χ3v) is 3.07. The monoisotopic (exact) mass is 357 g/mol. The number of allylic oxidation sites excluding steroid dienone is 4. The Morgan fingerprint density at radius 3 is 2.19 bits per heavy atom. The Labute approximate surface area is 153 Å². The van der Waals surface area contributed by atoms with Crippen LogP contribution in [0.1, 0.15) is 12.5 Å². The summed E-state index contributed by atoms with van der Waals surface area (Å²) in [7, 11) is 15.9. The molecule has 1 aromatic rings. The maximum atomic E-state index is 13.4. The largest absolute Gasteiger partial charge is 0.516 e. The highest BCUT2D eigenvalue weighted by Gasteiger charge is 2.38. The first-order chi connectivity index (χ1) is 11.9. The quantitative estimate of drug-likeness (QED) is 0.325. The number of nitrogens with zero attached hydrogens (tertiary/aromatic N) is 1. The molecule has 0 atom stereocenters. The second-order valence-corrected chi connectivity index (χ2v) is 5.46. The SMILES string of the molecule is [B]C([B])([B])Oc1ccc(N(C=O)/C(=C\C=C(/C)C=O)C(F)(F)F)c(C)c1. The first-order valence-electron chi connectivity index (χ1n) is 7.21. The van der Waals surface area contributed by atoms with Crippen molar-refractivity contribution in [2.75, 3.05) is 4.90 Å². The number of benzene rings is 1. The number of ether oxygens (including phenoxy) is 1. The van der Waals surface area contributed by atoms with Gasteiger partial charge in [0, 0.05) is 0 Å². The van der Waals surface area contributed by atoms with E-state index in [1.54, 1.807) is 0 Å². The maximum Gasteiger partial charge on any atom is 0.431 e. The van der Waals surface area contributed by atoms with Crippen LogP contribution in [0.3, 0.4) is 0 Å². The fourth-order valence-electron chi connectivity index (χ4n) is 1.97. The van der Waals surface area contributed by atoms with Crippen molar-refractivity contribution >= 4 is 41.9 Å². The Bertz CT molecular complexity index is 740. The molecule has 0 saturated carbocycles. The van der Waals surface area contributed by atoms with E-state index in [9.17, 15) is 22.8 Å². The molecular formula is C16H13B3F3NO3. The molecule has 1 aromatic carbocycles. The van der Waals surface area contributed by atoms with Crippen LogP contribution < -0.4 is 9.64 Å². The highest BCUT2D eigenvalue weighted by Crippen LogP contribution is 2.34. The molecule has 0 aliphatic heterocycles. The van der Waals surface area contributed by atoms with Crippen molar-refractivity contribution in [2.45, 2.75) is 25.3 Å². The summed E-state index contributed by atoms with van der Waals surface area (Å²) in [5.74, 6) is 0.110. The van der Waals surface area contributed by atoms with E-state index in [2.05, 4.69) is 0 Å². The lowest BCUT2D eigenvalue weighted by molar-refractivity contribution is -0.112. The lowest BCUT2D eigenvalue weighted by Gasteiger charge is -2.26. The van der Waals surface area contributed by atoms with Gasteiger partial charge in [0.15, 0.2) is 0 Å². The Kier molecular flexibility index (Phi) is 6.95. The molecular weight excluding hydrogens is 344 g/mol. The minimum atomic E-state index is -4.84. The van der Waals surface area contributed by atoms with Crippen molar-refractivity contribution in [1.82, 2.24) is 0 Å². The Morgan fingerprint density at radius 2 is 1.77 bits per heavy atom. The highest BCUT2D eigenvalue weighted by atomic mass is 19.4. The van der Waals surface area contributed by atoms with Gasteiger partial charge in [0.2, 0.25) is 6.41 Å². The van der Waals surface area contributed by atoms with Gasteiger partial charge in [-0.1, -0.05) is 6.08 Å². The number of aryl methyl sites for hydroxylation is 1. The third-order valence-electron chi connectivity index (χ3n) is 3.07. The van der Waals surface area contributed by atoms with E-state index in [0.29, 0.717) is 17.3 Å². The molecule has 0 aliphatic carbocycles. The summed E-state index contributed by atoms with van der Waals surface area (Å²) in [4.78, 5) is 22.4. The van der Waals surface area contributed by atoms with E-state index < -0.39 is 17.2 Å². The molecule has 0 unspecified atom stereocenters. The van der Waals surface area contributed by atoms with Gasteiger partial charge in [0.05, 0.1) is 5.69 Å². The number of hydrogen-bond acceptors (Lipinski definition) is 3. The predicted molar refractivity (Wildman–Crippen MR) is 94.3 cm³/mol. The molecule has 0 aromatic heterocycles. The van der Waals surface area contributed by atoms with Gasteiger partial charge in [-0.2, -0.15) is 13.2 Å². The van der Waals surface area contributed by atoms with Crippen LogP contribution in [0.25, 0.3) is 0 Å². The average Bonchev–Trinajstić information content (AvgIpc) is 2.49. The van der Waals surface area contributed by atoms with Crippen molar-refractivity contribution in [3.8, 4) is 5.75 Å². The summed E-state index contributed by atoms with van der Waals surface area (Å²) in [6, 6.07) is 3.81. The van der Waals surface area contributed by atoms with Crippen LogP contribution >= 0.6 is 0 Å². The molecule has 0 aliphatic rings. The number of halogens is 3. The summed E-state index contributed by atoms with van der Waals surface area (Å²) >= 11 is 0. The zero-order valence-corrected chi connectivity index (χ0v) is 14.1. The van der Waals surface area contributed by atoms with E-state index in [0.717, 1.165) is 6.08 Å². The van der Waals surface area contributed by atoms with Gasteiger partial charge < -0.3 is 4.74 Å². The van der Waals surface area contributed by atoms with Gasteiger partial charge in [-0.15, -0.1) is 0 Å². The number of alkyl halides is 3. The van der Waals surface area contributed by atoms with Crippen LogP contribution in [0.5, 0.6) is 5.75 Å². The number of aldehydes is 1. The van der Waals surface area contributed by atoms with Crippen LogP contribution in [0.4, 0.5) is 18.9 Å². The van der Waals surface area contributed by atoms with Crippen molar-refractivity contribution < 1.29 is 27.5 Å². The number of amides is 1. The molecule has 0 spiro atoms. The molecule has 26 heavy (non-hydrogen) atoms. The second-order valence-electron chi connectivity index (χ2n) is 5.46.